The minimum absolute atomic E-state index is 0.170. The average Bonchev–Trinajstić information content (AvgIpc) is 2.48. The molecule has 2 aromatic rings. The molecule has 0 unspecified atom stereocenters. The van der Waals surface area contributed by atoms with Crippen molar-refractivity contribution in [3.63, 3.8) is 0 Å². The second-order valence-corrected chi connectivity index (χ2v) is 5.22. The number of hydrogen-bond donors (Lipinski definition) is 2. The predicted molar refractivity (Wildman–Crippen MR) is 83.2 cm³/mol. The van der Waals surface area contributed by atoms with Gasteiger partial charge in [0.05, 0.1) is 5.56 Å². The average molecular weight is 367 g/mol. The van der Waals surface area contributed by atoms with E-state index in [9.17, 15) is 14.0 Å². The third kappa shape index (κ3) is 4.29. The third-order valence-corrected chi connectivity index (χ3v) is 3.34. The number of hydrogen-bond acceptors (Lipinski definition) is 3. The van der Waals surface area contributed by atoms with Crippen molar-refractivity contribution < 1.29 is 18.7 Å². The van der Waals surface area contributed by atoms with E-state index in [0.717, 1.165) is 6.07 Å². The Hall–Kier alpha value is -2.41. The standard InChI is InChI=1S/C15H12BrFN2O3/c16-13-5-4-9(17)6-12(13)15(21)19-10-2-1-3-11(7-10)22-8-14(18)20/h1-7H,8H2,(H2,18,20)(H,19,21). The molecule has 5 nitrogen and oxygen atoms in total. The number of carbonyl (C=O) groups is 2. The molecular weight excluding hydrogens is 355 g/mol. The van der Waals surface area contributed by atoms with E-state index in [1.807, 2.05) is 0 Å². The number of rotatable bonds is 5. The van der Waals surface area contributed by atoms with Gasteiger partial charge in [-0.1, -0.05) is 6.07 Å². The van der Waals surface area contributed by atoms with Gasteiger partial charge in [-0.25, -0.2) is 4.39 Å². The molecule has 2 rings (SSSR count). The molecule has 114 valence electrons. The predicted octanol–water partition coefficient (Wildman–Crippen LogP) is 2.70. The Morgan fingerprint density at radius 2 is 2.00 bits per heavy atom. The first-order valence-electron chi connectivity index (χ1n) is 6.23. The van der Waals surface area contributed by atoms with Crippen molar-refractivity contribution in [1.29, 1.82) is 0 Å². The second-order valence-electron chi connectivity index (χ2n) is 4.36. The molecular formula is C15H12BrFN2O3. The van der Waals surface area contributed by atoms with Crippen molar-refractivity contribution in [2.45, 2.75) is 0 Å². The van der Waals surface area contributed by atoms with Crippen LogP contribution in [0, 0.1) is 5.82 Å². The Labute approximate surface area is 134 Å². The Bertz CT molecular complexity index is 722. The molecule has 0 aliphatic rings. The summed E-state index contributed by atoms with van der Waals surface area (Å²) in [6.45, 7) is -0.257. The summed E-state index contributed by atoms with van der Waals surface area (Å²) in [5.41, 5.74) is 5.61. The molecule has 7 heteroatoms. The molecule has 0 aliphatic heterocycles. The highest BCUT2D eigenvalue weighted by atomic mass is 79.9. The lowest BCUT2D eigenvalue weighted by atomic mass is 10.2. The van der Waals surface area contributed by atoms with E-state index in [-0.39, 0.29) is 12.2 Å². The number of benzene rings is 2. The van der Waals surface area contributed by atoms with Crippen LogP contribution in [0.1, 0.15) is 10.4 Å². The van der Waals surface area contributed by atoms with E-state index >= 15 is 0 Å². The summed E-state index contributed by atoms with van der Waals surface area (Å²) in [6.07, 6.45) is 0. The molecule has 3 N–H and O–H groups in total. The maximum Gasteiger partial charge on any atom is 0.256 e. The highest BCUT2D eigenvalue weighted by molar-refractivity contribution is 9.10. The molecule has 0 fully saturated rings. The minimum atomic E-state index is -0.599. The van der Waals surface area contributed by atoms with E-state index in [0.29, 0.717) is 15.9 Å². The summed E-state index contributed by atoms with van der Waals surface area (Å²) in [5, 5.41) is 2.62. The summed E-state index contributed by atoms with van der Waals surface area (Å²) < 4.78 is 18.8. The summed E-state index contributed by atoms with van der Waals surface area (Å²) >= 11 is 3.20. The van der Waals surface area contributed by atoms with Crippen LogP contribution in [0.4, 0.5) is 10.1 Å². The number of ether oxygens (including phenoxy) is 1. The number of carbonyl (C=O) groups excluding carboxylic acids is 2. The van der Waals surface area contributed by atoms with Crippen LogP contribution in [0.25, 0.3) is 0 Å². The quantitative estimate of drug-likeness (QED) is 0.853. The Kier molecular flexibility index (Phi) is 5.11. The molecule has 2 aromatic carbocycles. The number of anilines is 1. The van der Waals surface area contributed by atoms with Crippen molar-refractivity contribution in [1.82, 2.24) is 0 Å². The summed E-state index contributed by atoms with van der Waals surface area (Å²) in [6, 6.07) is 10.3. The zero-order valence-electron chi connectivity index (χ0n) is 11.3. The third-order valence-electron chi connectivity index (χ3n) is 2.65. The zero-order valence-corrected chi connectivity index (χ0v) is 12.9. The van der Waals surface area contributed by atoms with Gasteiger partial charge in [0.15, 0.2) is 6.61 Å². The van der Waals surface area contributed by atoms with Gasteiger partial charge in [0.1, 0.15) is 11.6 Å². The van der Waals surface area contributed by atoms with Crippen molar-refractivity contribution in [2.24, 2.45) is 5.73 Å². The summed E-state index contributed by atoms with van der Waals surface area (Å²) in [5.74, 6) is -1.20. The molecule has 0 aromatic heterocycles. The first-order valence-corrected chi connectivity index (χ1v) is 7.02. The Morgan fingerprint density at radius 1 is 1.23 bits per heavy atom. The van der Waals surface area contributed by atoms with Gasteiger partial charge in [-0.3, -0.25) is 9.59 Å². The molecule has 0 spiro atoms. The molecule has 22 heavy (non-hydrogen) atoms. The molecule has 2 amide bonds. The lowest BCUT2D eigenvalue weighted by molar-refractivity contribution is -0.119. The van der Waals surface area contributed by atoms with Gasteiger partial charge >= 0.3 is 0 Å². The molecule has 0 saturated heterocycles. The van der Waals surface area contributed by atoms with Crippen molar-refractivity contribution in [3.8, 4) is 5.75 Å². The van der Waals surface area contributed by atoms with Gasteiger partial charge in [0.25, 0.3) is 11.8 Å². The van der Waals surface area contributed by atoms with Gasteiger partial charge < -0.3 is 15.8 Å². The van der Waals surface area contributed by atoms with Crippen LogP contribution in [0.5, 0.6) is 5.75 Å². The molecule has 0 radical (unpaired) electrons. The fourth-order valence-corrected chi connectivity index (χ4v) is 2.11. The number of primary amides is 1. The molecule has 0 atom stereocenters. The second kappa shape index (κ2) is 7.04. The van der Waals surface area contributed by atoms with Crippen molar-refractivity contribution in [2.75, 3.05) is 11.9 Å². The molecule has 0 bridgehead atoms. The minimum Gasteiger partial charge on any atom is -0.484 e. The van der Waals surface area contributed by atoms with Crippen LogP contribution < -0.4 is 15.8 Å². The fraction of sp³-hybridized carbons (Fsp3) is 0.0667. The van der Waals surface area contributed by atoms with Crippen molar-refractivity contribution in [3.05, 3.63) is 58.3 Å². The van der Waals surface area contributed by atoms with E-state index in [1.54, 1.807) is 18.2 Å². The number of amides is 2. The normalized spacial score (nSPS) is 10.1. The highest BCUT2D eigenvalue weighted by Crippen LogP contribution is 2.21. The van der Waals surface area contributed by atoms with Crippen LogP contribution in [0.3, 0.4) is 0 Å². The van der Waals surface area contributed by atoms with E-state index in [1.165, 1.54) is 18.2 Å². The van der Waals surface area contributed by atoms with Gasteiger partial charge in [0.2, 0.25) is 0 Å². The van der Waals surface area contributed by atoms with Crippen LogP contribution in [-0.4, -0.2) is 18.4 Å². The first kappa shape index (κ1) is 16.0. The number of nitrogens with one attached hydrogen (secondary N) is 1. The maximum atomic E-state index is 13.2. The lowest BCUT2D eigenvalue weighted by Gasteiger charge is -2.09. The SMILES string of the molecule is NC(=O)COc1cccc(NC(=O)c2cc(F)ccc2Br)c1. The number of nitrogens with two attached hydrogens (primary N) is 1. The Morgan fingerprint density at radius 3 is 2.73 bits per heavy atom. The highest BCUT2D eigenvalue weighted by Gasteiger charge is 2.12. The smallest absolute Gasteiger partial charge is 0.256 e. The van der Waals surface area contributed by atoms with Crippen LogP contribution in [0.15, 0.2) is 46.9 Å². The number of halogens is 2. The zero-order chi connectivity index (χ0) is 16.1. The summed E-state index contributed by atoms with van der Waals surface area (Å²) in [7, 11) is 0. The van der Waals surface area contributed by atoms with E-state index < -0.39 is 17.6 Å². The first-order chi connectivity index (χ1) is 10.5. The molecule has 0 aliphatic carbocycles. The van der Waals surface area contributed by atoms with E-state index in [2.05, 4.69) is 21.2 Å². The van der Waals surface area contributed by atoms with Crippen LogP contribution in [0.2, 0.25) is 0 Å². The summed E-state index contributed by atoms with van der Waals surface area (Å²) in [4.78, 5) is 22.8. The van der Waals surface area contributed by atoms with Gasteiger partial charge in [-0.15, -0.1) is 0 Å². The van der Waals surface area contributed by atoms with Gasteiger partial charge in [-0.05, 0) is 46.3 Å². The Balaban J connectivity index is 2.13. The largest absolute Gasteiger partial charge is 0.484 e. The lowest BCUT2D eigenvalue weighted by Crippen LogP contribution is -2.20. The monoisotopic (exact) mass is 366 g/mol. The van der Waals surface area contributed by atoms with Crippen LogP contribution in [-0.2, 0) is 4.79 Å². The van der Waals surface area contributed by atoms with Crippen LogP contribution >= 0.6 is 15.9 Å². The van der Waals surface area contributed by atoms with Gasteiger partial charge in [0, 0.05) is 16.2 Å². The maximum absolute atomic E-state index is 13.2. The molecule has 0 heterocycles. The molecule has 0 saturated carbocycles. The fourth-order valence-electron chi connectivity index (χ4n) is 1.69. The van der Waals surface area contributed by atoms with E-state index in [4.69, 9.17) is 10.5 Å². The van der Waals surface area contributed by atoms with Gasteiger partial charge in [-0.2, -0.15) is 0 Å². The topological polar surface area (TPSA) is 81.4 Å². The van der Waals surface area contributed by atoms with Crippen molar-refractivity contribution >= 4 is 33.4 Å².